The molecule has 4 nitrogen and oxygen atoms in total. The topological polar surface area (TPSA) is 45.5 Å². The van der Waals surface area contributed by atoms with Crippen LogP contribution in [0.25, 0.3) is 10.9 Å². The van der Waals surface area contributed by atoms with Crippen LogP contribution in [0, 0.1) is 0 Å². The number of rotatable bonds is 6. The van der Waals surface area contributed by atoms with Crippen molar-refractivity contribution < 1.29 is 9.90 Å². The largest absolute Gasteiger partial charge is 0.480 e. The first-order chi connectivity index (χ1) is 11.0. The maximum Gasteiger partial charge on any atom is 0.323 e. The number of nitrogens with zero attached hydrogens (tertiary/aromatic N) is 2. The van der Waals surface area contributed by atoms with Crippen LogP contribution >= 0.6 is 0 Å². The molecule has 0 bridgehead atoms. The van der Waals surface area contributed by atoms with E-state index in [0.717, 1.165) is 18.5 Å². The fraction of sp³-hybridized carbons (Fsp3) is 0.526. The predicted octanol–water partition coefficient (Wildman–Crippen LogP) is 3.49. The number of hydrogen-bond acceptors (Lipinski definition) is 2. The van der Waals surface area contributed by atoms with Crippen LogP contribution in [0.15, 0.2) is 24.4 Å². The number of carboxylic acids is 1. The Morgan fingerprint density at radius 1 is 1.26 bits per heavy atom. The predicted molar refractivity (Wildman–Crippen MR) is 93.0 cm³/mol. The summed E-state index contributed by atoms with van der Waals surface area (Å²) in [7, 11) is 0. The average molecular weight is 314 g/mol. The number of hydrogen-bond donors (Lipinski definition) is 1. The zero-order chi connectivity index (χ0) is 16.4. The number of fused-ring (bicyclic) bond motifs is 1. The van der Waals surface area contributed by atoms with Crippen LogP contribution in [-0.2, 0) is 17.8 Å². The van der Waals surface area contributed by atoms with Gasteiger partial charge in [0.2, 0.25) is 0 Å². The van der Waals surface area contributed by atoms with E-state index in [1.54, 1.807) is 0 Å². The molecule has 0 saturated carbocycles. The normalized spacial score (nSPS) is 15.8. The summed E-state index contributed by atoms with van der Waals surface area (Å²) in [4.78, 5) is 13.6. The molecule has 124 valence electrons. The van der Waals surface area contributed by atoms with Crippen molar-refractivity contribution in [3.63, 3.8) is 0 Å². The van der Waals surface area contributed by atoms with Gasteiger partial charge in [0, 0.05) is 23.6 Å². The number of aliphatic carboxylic acids is 1. The Balaban J connectivity index is 1.92. The third kappa shape index (κ3) is 3.58. The molecule has 1 aliphatic rings. The second kappa shape index (κ2) is 6.75. The highest BCUT2D eigenvalue weighted by molar-refractivity contribution is 5.86. The molecule has 0 aliphatic carbocycles. The minimum atomic E-state index is -0.791. The van der Waals surface area contributed by atoms with Gasteiger partial charge in [0.05, 0.1) is 0 Å². The van der Waals surface area contributed by atoms with E-state index in [1.807, 2.05) is 10.8 Å². The Hall–Kier alpha value is -1.81. The molecule has 1 saturated heterocycles. The van der Waals surface area contributed by atoms with Crippen molar-refractivity contribution in [1.82, 2.24) is 9.47 Å². The van der Waals surface area contributed by atoms with Gasteiger partial charge in [-0.25, -0.2) is 0 Å². The van der Waals surface area contributed by atoms with Gasteiger partial charge in [-0.05, 0) is 61.5 Å². The minimum Gasteiger partial charge on any atom is -0.480 e. The zero-order valence-corrected chi connectivity index (χ0v) is 14.1. The van der Waals surface area contributed by atoms with E-state index in [0.29, 0.717) is 5.92 Å². The number of carbonyl (C=O) groups is 1. The van der Waals surface area contributed by atoms with Crippen LogP contribution in [0.2, 0.25) is 0 Å². The first kappa shape index (κ1) is 16.1. The first-order valence-electron chi connectivity index (χ1n) is 8.60. The number of likely N-dealkylation sites (tertiary alicyclic amines) is 1. The van der Waals surface area contributed by atoms with Crippen molar-refractivity contribution in [1.29, 1.82) is 0 Å². The van der Waals surface area contributed by atoms with Gasteiger partial charge in [-0.3, -0.25) is 4.79 Å². The van der Waals surface area contributed by atoms with Crippen LogP contribution in [-0.4, -0.2) is 40.2 Å². The standard InChI is InChI=1S/C19H26N2O2/c1-14(2)15-5-6-18-17(11-15)16(12-21(18)13-19(22)23)7-10-20-8-3-4-9-20/h5-6,11-12,14H,3-4,7-10,13H2,1-2H3,(H,22,23). The van der Waals surface area contributed by atoms with E-state index in [4.69, 9.17) is 5.11 Å². The smallest absolute Gasteiger partial charge is 0.323 e. The highest BCUT2D eigenvalue weighted by Crippen LogP contribution is 2.27. The van der Waals surface area contributed by atoms with Gasteiger partial charge >= 0.3 is 5.97 Å². The lowest BCUT2D eigenvalue weighted by atomic mass is 10.00. The second-order valence-electron chi connectivity index (χ2n) is 6.91. The zero-order valence-electron chi connectivity index (χ0n) is 14.1. The summed E-state index contributed by atoms with van der Waals surface area (Å²) >= 11 is 0. The van der Waals surface area contributed by atoms with Gasteiger partial charge < -0.3 is 14.6 Å². The lowest BCUT2D eigenvalue weighted by molar-refractivity contribution is -0.137. The molecule has 3 rings (SSSR count). The van der Waals surface area contributed by atoms with E-state index in [9.17, 15) is 4.79 Å². The fourth-order valence-corrected chi connectivity index (χ4v) is 3.51. The molecule has 1 aromatic carbocycles. The fourth-order valence-electron chi connectivity index (χ4n) is 3.51. The summed E-state index contributed by atoms with van der Waals surface area (Å²) in [5.41, 5.74) is 3.62. The lowest BCUT2D eigenvalue weighted by Gasteiger charge is -2.13. The summed E-state index contributed by atoms with van der Waals surface area (Å²) in [5, 5.41) is 10.4. The molecular weight excluding hydrogens is 288 g/mol. The van der Waals surface area contributed by atoms with Crippen molar-refractivity contribution in [3.8, 4) is 0 Å². The van der Waals surface area contributed by atoms with Gasteiger partial charge in [0.1, 0.15) is 6.54 Å². The first-order valence-corrected chi connectivity index (χ1v) is 8.60. The Kier molecular flexibility index (Phi) is 4.71. The van der Waals surface area contributed by atoms with E-state index in [-0.39, 0.29) is 6.54 Å². The molecule has 1 aliphatic heterocycles. The summed E-state index contributed by atoms with van der Waals surface area (Å²) < 4.78 is 1.88. The third-order valence-electron chi connectivity index (χ3n) is 4.86. The third-order valence-corrected chi connectivity index (χ3v) is 4.86. The number of aromatic nitrogens is 1. The number of benzene rings is 1. The molecule has 23 heavy (non-hydrogen) atoms. The minimum absolute atomic E-state index is 0.0290. The van der Waals surface area contributed by atoms with E-state index >= 15 is 0 Å². The van der Waals surface area contributed by atoms with E-state index < -0.39 is 5.97 Å². The molecule has 0 amide bonds. The lowest BCUT2D eigenvalue weighted by Crippen LogP contribution is -2.21. The summed E-state index contributed by atoms with van der Waals surface area (Å²) in [6.45, 7) is 7.88. The highest BCUT2D eigenvalue weighted by Gasteiger charge is 2.15. The van der Waals surface area contributed by atoms with Crippen molar-refractivity contribution in [2.24, 2.45) is 0 Å². The summed E-state index contributed by atoms with van der Waals surface area (Å²) in [6.07, 6.45) is 5.64. The quantitative estimate of drug-likeness (QED) is 0.888. The maximum absolute atomic E-state index is 11.1. The van der Waals surface area contributed by atoms with Crippen LogP contribution < -0.4 is 0 Å². The van der Waals surface area contributed by atoms with Crippen molar-refractivity contribution in [3.05, 3.63) is 35.5 Å². The Morgan fingerprint density at radius 2 is 2.00 bits per heavy atom. The molecule has 2 heterocycles. The van der Waals surface area contributed by atoms with Gasteiger partial charge in [-0.1, -0.05) is 19.9 Å². The molecule has 1 aromatic heterocycles. The van der Waals surface area contributed by atoms with Gasteiger partial charge in [-0.2, -0.15) is 0 Å². The number of carboxylic acid groups (broad SMARTS) is 1. The molecule has 0 spiro atoms. The van der Waals surface area contributed by atoms with Gasteiger partial charge in [-0.15, -0.1) is 0 Å². The van der Waals surface area contributed by atoms with E-state index in [2.05, 4.69) is 36.9 Å². The summed E-state index contributed by atoms with van der Waals surface area (Å²) in [5.74, 6) is -0.311. The van der Waals surface area contributed by atoms with Crippen molar-refractivity contribution in [2.75, 3.05) is 19.6 Å². The maximum atomic E-state index is 11.1. The SMILES string of the molecule is CC(C)c1ccc2c(c1)c(CCN1CCCC1)cn2CC(=O)O. The van der Waals surface area contributed by atoms with Crippen LogP contribution in [0.1, 0.15) is 43.7 Å². The molecule has 2 aromatic rings. The second-order valence-corrected chi connectivity index (χ2v) is 6.91. The monoisotopic (exact) mass is 314 g/mol. The molecule has 0 unspecified atom stereocenters. The van der Waals surface area contributed by atoms with Gasteiger partial charge in [0.15, 0.2) is 0 Å². The Bertz CT molecular complexity index is 697. The molecular formula is C19H26N2O2. The van der Waals surface area contributed by atoms with Gasteiger partial charge in [0.25, 0.3) is 0 Å². The molecule has 0 radical (unpaired) electrons. The Labute approximate surface area is 137 Å². The van der Waals surface area contributed by atoms with Crippen LogP contribution in [0.3, 0.4) is 0 Å². The van der Waals surface area contributed by atoms with Crippen LogP contribution in [0.4, 0.5) is 0 Å². The van der Waals surface area contributed by atoms with Crippen molar-refractivity contribution in [2.45, 2.75) is 45.6 Å². The average Bonchev–Trinajstić information content (AvgIpc) is 3.12. The van der Waals surface area contributed by atoms with E-state index in [1.165, 1.54) is 42.4 Å². The Morgan fingerprint density at radius 3 is 2.65 bits per heavy atom. The molecule has 1 N–H and O–H groups in total. The molecule has 1 fully saturated rings. The molecule has 0 atom stereocenters. The van der Waals surface area contributed by atoms with Crippen molar-refractivity contribution >= 4 is 16.9 Å². The summed E-state index contributed by atoms with van der Waals surface area (Å²) in [6, 6.07) is 6.44. The van der Waals surface area contributed by atoms with Crippen LogP contribution in [0.5, 0.6) is 0 Å². The molecule has 4 heteroatoms. The highest BCUT2D eigenvalue weighted by atomic mass is 16.4.